The van der Waals surface area contributed by atoms with Gasteiger partial charge < -0.3 is 9.88 Å². The van der Waals surface area contributed by atoms with Crippen LogP contribution in [0.1, 0.15) is 25.0 Å². The summed E-state index contributed by atoms with van der Waals surface area (Å²) in [4.78, 5) is 4.15. The van der Waals surface area contributed by atoms with E-state index in [2.05, 4.69) is 10.3 Å². The first kappa shape index (κ1) is 14.4. The summed E-state index contributed by atoms with van der Waals surface area (Å²) in [5.41, 5.74) is -0.0434. The van der Waals surface area contributed by atoms with Crippen molar-refractivity contribution in [2.45, 2.75) is 32.6 Å². The molecule has 0 aliphatic heterocycles. The summed E-state index contributed by atoms with van der Waals surface area (Å²) >= 11 is 0. The summed E-state index contributed by atoms with van der Waals surface area (Å²) in [6.45, 7) is 4.30. The van der Waals surface area contributed by atoms with Gasteiger partial charge in [-0.15, -0.1) is 0 Å². The maximum absolute atomic E-state index is 12.7. The van der Waals surface area contributed by atoms with E-state index in [0.717, 1.165) is 6.07 Å². The number of imidazole rings is 1. The largest absolute Gasteiger partial charge is 0.416 e. The SMILES string of the molecule is CC(C)Nc1nccn1Cc1cccc(C(F)(F)F)c1. The number of alkyl halides is 3. The van der Waals surface area contributed by atoms with Crippen molar-refractivity contribution in [1.82, 2.24) is 9.55 Å². The number of nitrogens with one attached hydrogen (secondary N) is 1. The lowest BCUT2D eigenvalue weighted by molar-refractivity contribution is -0.137. The molecule has 0 atom stereocenters. The first-order valence-electron chi connectivity index (χ1n) is 6.30. The van der Waals surface area contributed by atoms with Gasteiger partial charge in [0.1, 0.15) is 0 Å². The van der Waals surface area contributed by atoms with Gasteiger partial charge in [0, 0.05) is 18.4 Å². The minimum Gasteiger partial charge on any atom is -0.353 e. The molecule has 0 unspecified atom stereocenters. The molecule has 0 bridgehead atoms. The topological polar surface area (TPSA) is 29.9 Å². The monoisotopic (exact) mass is 283 g/mol. The van der Waals surface area contributed by atoms with Crippen molar-refractivity contribution >= 4 is 5.95 Å². The molecule has 0 aliphatic rings. The van der Waals surface area contributed by atoms with Crippen LogP contribution in [0.3, 0.4) is 0 Å². The fraction of sp³-hybridized carbons (Fsp3) is 0.357. The summed E-state index contributed by atoms with van der Waals surface area (Å²) in [5.74, 6) is 0.650. The molecule has 0 spiro atoms. The van der Waals surface area contributed by atoms with Gasteiger partial charge in [0.05, 0.1) is 12.1 Å². The number of anilines is 1. The number of hydrogen-bond donors (Lipinski definition) is 1. The van der Waals surface area contributed by atoms with E-state index in [9.17, 15) is 13.2 Å². The average Bonchev–Trinajstić information content (AvgIpc) is 2.75. The summed E-state index contributed by atoms with van der Waals surface area (Å²) in [6.07, 6.45) is -0.951. The van der Waals surface area contributed by atoms with Gasteiger partial charge in [-0.2, -0.15) is 13.2 Å². The molecule has 20 heavy (non-hydrogen) atoms. The van der Waals surface area contributed by atoms with Crippen LogP contribution in [0, 0.1) is 0 Å². The third-order valence-electron chi connectivity index (χ3n) is 2.74. The third kappa shape index (κ3) is 3.53. The standard InChI is InChI=1S/C14H16F3N3/c1-10(2)19-13-18-6-7-20(13)9-11-4-3-5-12(8-11)14(15,16)17/h3-8,10H,9H2,1-2H3,(H,18,19). The van der Waals surface area contributed by atoms with Gasteiger partial charge in [-0.1, -0.05) is 12.1 Å². The Morgan fingerprint density at radius 3 is 2.70 bits per heavy atom. The maximum atomic E-state index is 12.7. The zero-order valence-corrected chi connectivity index (χ0v) is 11.3. The fourth-order valence-electron chi connectivity index (χ4n) is 1.88. The number of rotatable bonds is 4. The zero-order chi connectivity index (χ0) is 14.8. The van der Waals surface area contributed by atoms with Crippen LogP contribution in [-0.4, -0.2) is 15.6 Å². The highest BCUT2D eigenvalue weighted by Gasteiger charge is 2.30. The van der Waals surface area contributed by atoms with Gasteiger partial charge in [0.25, 0.3) is 0 Å². The van der Waals surface area contributed by atoms with Crippen LogP contribution in [0.4, 0.5) is 19.1 Å². The van der Waals surface area contributed by atoms with Crippen LogP contribution < -0.4 is 5.32 Å². The Morgan fingerprint density at radius 2 is 2.05 bits per heavy atom. The van der Waals surface area contributed by atoms with Gasteiger partial charge in [-0.05, 0) is 31.5 Å². The second-order valence-electron chi connectivity index (χ2n) is 4.88. The van der Waals surface area contributed by atoms with E-state index >= 15 is 0 Å². The predicted octanol–water partition coefficient (Wildman–Crippen LogP) is 3.77. The summed E-state index contributed by atoms with van der Waals surface area (Å²) < 4.78 is 39.8. The van der Waals surface area contributed by atoms with Crippen LogP contribution in [0.2, 0.25) is 0 Å². The molecule has 0 aliphatic carbocycles. The van der Waals surface area contributed by atoms with Crippen LogP contribution in [0.25, 0.3) is 0 Å². The Labute approximate surface area is 115 Å². The van der Waals surface area contributed by atoms with Gasteiger partial charge in [0.2, 0.25) is 5.95 Å². The van der Waals surface area contributed by atoms with Gasteiger partial charge in [0.15, 0.2) is 0 Å². The number of aromatic nitrogens is 2. The second-order valence-corrected chi connectivity index (χ2v) is 4.88. The van der Waals surface area contributed by atoms with E-state index in [0.29, 0.717) is 18.1 Å². The van der Waals surface area contributed by atoms with Crippen molar-refractivity contribution in [3.8, 4) is 0 Å². The van der Waals surface area contributed by atoms with Crippen molar-refractivity contribution in [2.75, 3.05) is 5.32 Å². The number of halogens is 3. The molecule has 1 aromatic heterocycles. The molecule has 0 fully saturated rings. The van der Waals surface area contributed by atoms with Crippen molar-refractivity contribution in [3.05, 3.63) is 47.8 Å². The Morgan fingerprint density at radius 1 is 1.30 bits per heavy atom. The van der Waals surface area contributed by atoms with Crippen molar-refractivity contribution in [1.29, 1.82) is 0 Å². The van der Waals surface area contributed by atoms with Crippen molar-refractivity contribution in [3.63, 3.8) is 0 Å². The quantitative estimate of drug-likeness (QED) is 0.925. The maximum Gasteiger partial charge on any atom is 0.416 e. The molecule has 0 saturated heterocycles. The van der Waals surface area contributed by atoms with Crippen LogP contribution in [0.15, 0.2) is 36.7 Å². The third-order valence-corrected chi connectivity index (χ3v) is 2.74. The van der Waals surface area contributed by atoms with Crippen LogP contribution in [-0.2, 0) is 12.7 Å². The Balaban J connectivity index is 2.20. The highest BCUT2D eigenvalue weighted by molar-refractivity contribution is 5.31. The molecule has 2 aromatic rings. The average molecular weight is 283 g/mol. The number of hydrogen-bond acceptors (Lipinski definition) is 2. The van der Waals surface area contributed by atoms with E-state index in [4.69, 9.17) is 0 Å². The lowest BCUT2D eigenvalue weighted by atomic mass is 10.1. The second kappa shape index (κ2) is 5.56. The van der Waals surface area contributed by atoms with Crippen LogP contribution >= 0.6 is 0 Å². The van der Waals surface area contributed by atoms with E-state index in [-0.39, 0.29) is 6.04 Å². The summed E-state index contributed by atoms with van der Waals surface area (Å²) in [6, 6.07) is 5.54. The zero-order valence-electron chi connectivity index (χ0n) is 11.3. The molecular weight excluding hydrogens is 267 g/mol. The minimum absolute atomic E-state index is 0.206. The smallest absolute Gasteiger partial charge is 0.353 e. The first-order valence-corrected chi connectivity index (χ1v) is 6.30. The van der Waals surface area contributed by atoms with E-state index in [1.54, 1.807) is 23.0 Å². The molecule has 108 valence electrons. The van der Waals surface area contributed by atoms with Gasteiger partial charge in [-0.3, -0.25) is 0 Å². The Hall–Kier alpha value is -1.98. The lowest BCUT2D eigenvalue weighted by Crippen LogP contribution is -2.15. The molecule has 1 aromatic carbocycles. The molecule has 1 N–H and O–H groups in total. The van der Waals surface area contributed by atoms with E-state index < -0.39 is 11.7 Å². The molecule has 2 rings (SSSR count). The Bertz CT molecular complexity index is 573. The number of nitrogens with zero attached hydrogens (tertiary/aromatic N) is 2. The minimum atomic E-state index is -4.32. The van der Waals surface area contributed by atoms with Gasteiger partial charge >= 0.3 is 6.18 Å². The predicted molar refractivity (Wildman–Crippen MR) is 71.5 cm³/mol. The fourth-order valence-corrected chi connectivity index (χ4v) is 1.88. The molecule has 0 amide bonds. The molecule has 1 heterocycles. The molecule has 3 nitrogen and oxygen atoms in total. The van der Waals surface area contributed by atoms with E-state index in [1.807, 2.05) is 13.8 Å². The summed E-state index contributed by atoms with van der Waals surface area (Å²) in [7, 11) is 0. The summed E-state index contributed by atoms with van der Waals surface area (Å²) in [5, 5.41) is 3.15. The lowest BCUT2D eigenvalue weighted by Gasteiger charge is -2.13. The first-order chi connectivity index (χ1) is 9.36. The highest BCUT2D eigenvalue weighted by Crippen LogP contribution is 2.29. The normalized spacial score (nSPS) is 11.9. The van der Waals surface area contributed by atoms with Gasteiger partial charge in [-0.25, -0.2) is 4.98 Å². The van der Waals surface area contributed by atoms with Crippen LogP contribution in [0.5, 0.6) is 0 Å². The molecular formula is C14H16F3N3. The van der Waals surface area contributed by atoms with Crippen molar-refractivity contribution in [2.24, 2.45) is 0 Å². The Kier molecular flexibility index (Phi) is 4.01. The number of benzene rings is 1. The molecule has 6 heteroatoms. The van der Waals surface area contributed by atoms with E-state index in [1.165, 1.54) is 12.1 Å². The molecule has 0 radical (unpaired) electrons. The van der Waals surface area contributed by atoms with Crippen molar-refractivity contribution < 1.29 is 13.2 Å². The molecule has 0 saturated carbocycles. The highest BCUT2D eigenvalue weighted by atomic mass is 19.4.